The van der Waals surface area contributed by atoms with Crippen molar-refractivity contribution in [2.24, 2.45) is 5.73 Å². The van der Waals surface area contributed by atoms with Gasteiger partial charge in [0.15, 0.2) is 0 Å². The van der Waals surface area contributed by atoms with Crippen LogP contribution >= 0.6 is 7.82 Å². The Morgan fingerprint density at radius 3 is 1.73 bits per heavy atom. The molecule has 0 aliphatic rings. The van der Waals surface area contributed by atoms with Crippen molar-refractivity contribution >= 4 is 13.7 Å². The Morgan fingerprint density at radius 1 is 0.694 bits per heavy atom. The third-order valence-electron chi connectivity index (χ3n) is 8.16. The highest BCUT2D eigenvalue weighted by atomic mass is 31.2. The fourth-order valence-electron chi connectivity index (χ4n) is 5.20. The van der Waals surface area contributed by atoms with Crippen LogP contribution in [0.15, 0.2) is 48.6 Å². The van der Waals surface area contributed by atoms with Gasteiger partial charge in [0.1, 0.15) is 0 Å². The highest BCUT2D eigenvalue weighted by molar-refractivity contribution is 7.47. The maximum atomic E-state index is 12.7. The summed E-state index contributed by atoms with van der Waals surface area (Å²) in [6, 6.07) is -1.01. The average Bonchev–Trinajstić information content (AvgIpc) is 3.07. The lowest BCUT2D eigenvalue weighted by Gasteiger charge is -2.24. The minimum absolute atomic E-state index is 0.0392. The van der Waals surface area contributed by atoms with E-state index in [2.05, 4.69) is 55.6 Å². The molecule has 4 atom stereocenters. The molecule has 286 valence electrons. The Kier molecular flexibility index (Phi) is 33.7. The molecular formula is C39H73N2O7P. The Morgan fingerprint density at radius 2 is 1.16 bits per heavy atom. The zero-order valence-corrected chi connectivity index (χ0v) is 31.9. The Labute approximate surface area is 299 Å². The number of rotatable bonds is 35. The molecule has 0 heterocycles. The van der Waals surface area contributed by atoms with Gasteiger partial charge in [-0.15, -0.1) is 0 Å². The van der Waals surface area contributed by atoms with Gasteiger partial charge in [0.05, 0.1) is 37.9 Å². The smallest absolute Gasteiger partial charge is 0.393 e. The molecule has 6 N–H and O–H groups in total. The molecular weight excluding hydrogens is 639 g/mol. The highest BCUT2D eigenvalue weighted by Crippen LogP contribution is 2.43. The molecule has 0 saturated carbocycles. The molecule has 0 aliphatic heterocycles. The summed E-state index contributed by atoms with van der Waals surface area (Å²) >= 11 is 0. The second-order valence-corrected chi connectivity index (χ2v) is 14.4. The number of nitrogens with one attached hydrogen (secondary N) is 1. The maximum Gasteiger partial charge on any atom is 0.472 e. The second kappa shape index (κ2) is 34.9. The van der Waals surface area contributed by atoms with Crippen molar-refractivity contribution in [3.63, 3.8) is 0 Å². The Balaban J connectivity index is 4.54. The molecule has 0 spiro atoms. The normalized spacial score (nSPS) is 15.5. The van der Waals surface area contributed by atoms with Gasteiger partial charge < -0.3 is 26.2 Å². The molecule has 0 saturated heterocycles. The molecule has 0 aromatic rings. The minimum atomic E-state index is -4.41. The van der Waals surface area contributed by atoms with E-state index in [0.29, 0.717) is 12.8 Å². The molecule has 0 fully saturated rings. The zero-order chi connectivity index (χ0) is 36.3. The van der Waals surface area contributed by atoms with Crippen molar-refractivity contribution < 1.29 is 33.5 Å². The molecule has 0 bridgehead atoms. The van der Waals surface area contributed by atoms with Gasteiger partial charge in [-0.05, 0) is 70.6 Å². The summed E-state index contributed by atoms with van der Waals surface area (Å²) in [4.78, 5) is 22.6. The third kappa shape index (κ3) is 33.3. The van der Waals surface area contributed by atoms with Crippen molar-refractivity contribution in [3.8, 4) is 0 Å². The van der Waals surface area contributed by atoms with Gasteiger partial charge in [0.2, 0.25) is 5.91 Å². The van der Waals surface area contributed by atoms with E-state index in [1.165, 1.54) is 64.2 Å². The summed E-state index contributed by atoms with van der Waals surface area (Å²) in [5, 5.41) is 23.9. The summed E-state index contributed by atoms with van der Waals surface area (Å²) in [5.74, 6) is -0.474. The predicted octanol–water partition coefficient (Wildman–Crippen LogP) is 9.13. The SMILES string of the molecule is CCCCC/C=C\CCCCCC(O)CC(=O)NC(COP(=O)(O)OCCN)C(O)/C=C/CC/C=C/CC/C=C/CCCCCCCCC. The summed E-state index contributed by atoms with van der Waals surface area (Å²) < 4.78 is 22.0. The number of aliphatic hydroxyl groups is 2. The van der Waals surface area contributed by atoms with Crippen LogP contribution in [0.2, 0.25) is 0 Å². The van der Waals surface area contributed by atoms with Crippen LogP contribution in [0.3, 0.4) is 0 Å². The standard InChI is InChI=1S/C39H73N2O7P/c1-3-5-7-9-11-13-15-16-17-18-19-20-21-23-25-27-29-31-38(43)37(35-48-49(45,46)47-33-32-40)41-39(44)34-36(42)30-28-26-24-22-14-12-10-8-6-4-2/h12,14,17-18,21,23,29,31,36-38,42-43H,3-11,13,15-16,19-20,22,24-28,30,32-35,40H2,1-2H3,(H,41,44)(H,45,46)/b14-12-,18-17+,23-21+,31-29+. The number of carbonyl (C=O) groups excluding carboxylic acids is 1. The van der Waals surface area contributed by atoms with Crippen LogP contribution in [-0.4, -0.2) is 59.0 Å². The fourth-order valence-corrected chi connectivity index (χ4v) is 5.96. The largest absolute Gasteiger partial charge is 0.472 e. The first-order valence-electron chi connectivity index (χ1n) is 19.3. The van der Waals surface area contributed by atoms with E-state index in [1.54, 1.807) is 6.08 Å². The molecule has 4 unspecified atom stereocenters. The number of phosphoric ester groups is 1. The third-order valence-corrected chi connectivity index (χ3v) is 9.14. The molecule has 1 amide bonds. The number of aliphatic hydroxyl groups excluding tert-OH is 2. The van der Waals surface area contributed by atoms with E-state index < -0.39 is 38.6 Å². The fraction of sp³-hybridized carbons (Fsp3) is 0.769. The number of hydrogen-bond acceptors (Lipinski definition) is 7. The minimum Gasteiger partial charge on any atom is -0.393 e. The number of hydrogen-bond donors (Lipinski definition) is 5. The summed E-state index contributed by atoms with van der Waals surface area (Å²) in [5.41, 5.74) is 5.34. The molecule has 9 nitrogen and oxygen atoms in total. The molecule has 0 radical (unpaired) electrons. The predicted molar refractivity (Wildman–Crippen MR) is 204 cm³/mol. The van der Waals surface area contributed by atoms with Gasteiger partial charge >= 0.3 is 7.82 Å². The van der Waals surface area contributed by atoms with Gasteiger partial charge in [-0.25, -0.2) is 4.57 Å². The van der Waals surface area contributed by atoms with E-state index in [9.17, 15) is 24.5 Å². The lowest BCUT2D eigenvalue weighted by Crippen LogP contribution is -2.46. The van der Waals surface area contributed by atoms with Gasteiger partial charge in [0.25, 0.3) is 0 Å². The van der Waals surface area contributed by atoms with Crippen LogP contribution in [-0.2, 0) is 18.4 Å². The number of unbranched alkanes of at least 4 members (excludes halogenated alkanes) is 15. The topological polar surface area (TPSA) is 151 Å². The van der Waals surface area contributed by atoms with E-state index in [-0.39, 0.29) is 19.6 Å². The Hall–Kier alpha value is -1.58. The van der Waals surface area contributed by atoms with Crippen LogP contribution in [0.25, 0.3) is 0 Å². The van der Waals surface area contributed by atoms with Gasteiger partial charge in [0, 0.05) is 6.54 Å². The van der Waals surface area contributed by atoms with Crippen molar-refractivity contribution in [1.29, 1.82) is 0 Å². The van der Waals surface area contributed by atoms with E-state index >= 15 is 0 Å². The zero-order valence-electron chi connectivity index (χ0n) is 31.0. The number of amides is 1. The number of allylic oxidation sites excluding steroid dienone is 7. The summed E-state index contributed by atoms with van der Waals surface area (Å²) in [6.07, 6.45) is 37.7. The maximum absolute atomic E-state index is 12.7. The molecule has 0 rings (SSSR count). The van der Waals surface area contributed by atoms with Crippen molar-refractivity contribution in [2.75, 3.05) is 19.8 Å². The van der Waals surface area contributed by atoms with Crippen molar-refractivity contribution in [3.05, 3.63) is 48.6 Å². The monoisotopic (exact) mass is 713 g/mol. The van der Waals surface area contributed by atoms with Crippen LogP contribution in [0.4, 0.5) is 0 Å². The molecule has 10 heteroatoms. The molecule has 0 aliphatic carbocycles. The first kappa shape index (κ1) is 47.4. The van der Waals surface area contributed by atoms with E-state index in [1.807, 2.05) is 6.08 Å². The van der Waals surface area contributed by atoms with Crippen LogP contribution in [0.5, 0.6) is 0 Å². The van der Waals surface area contributed by atoms with Crippen molar-refractivity contribution in [1.82, 2.24) is 5.32 Å². The average molecular weight is 713 g/mol. The molecule has 0 aromatic heterocycles. The first-order valence-corrected chi connectivity index (χ1v) is 20.8. The van der Waals surface area contributed by atoms with Gasteiger partial charge in [-0.1, -0.05) is 127 Å². The lowest BCUT2D eigenvalue weighted by molar-refractivity contribution is -0.124. The highest BCUT2D eigenvalue weighted by Gasteiger charge is 2.27. The molecule has 49 heavy (non-hydrogen) atoms. The van der Waals surface area contributed by atoms with Crippen LogP contribution in [0.1, 0.15) is 155 Å². The van der Waals surface area contributed by atoms with E-state index in [4.69, 9.17) is 14.8 Å². The molecule has 0 aromatic carbocycles. The second-order valence-electron chi connectivity index (χ2n) is 12.9. The number of nitrogens with two attached hydrogens (primary N) is 1. The summed E-state index contributed by atoms with van der Waals surface area (Å²) in [7, 11) is -4.41. The summed E-state index contributed by atoms with van der Waals surface area (Å²) in [6.45, 7) is 3.86. The van der Waals surface area contributed by atoms with Crippen LogP contribution in [0, 0.1) is 0 Å². The van der Waals surface area contributed by atoms with Gasteiger partial charge in [-0.3, -0.25) is 13.8 Å². The lowest BCUT2D eigenvalue weighted by atomic mass is 10.1. The van der Waals surface area contributed by atoms with E-state index in [0.717, 1.165) is 57.8 Å². The Bertz CT molecular complexity index is 925. The van der Waals surface area contributed by atoms with Crippen molar-refractivity contribution in [2.45, 2.75) is 173 Å². The quantitative estimate of drug-likeness (QED) is 0.0248. The number of carbonyl (C=O) groups is 1. The van der Waals surface area contributed by atoms with Gasteiger partial charge in [-0.2, -0.15) is 0 Å². The number of phosphoric acid groups is 1. The first-order chi connectivity index (χ1) is 23.8. The van der Waals surface area contributed by atoms with Crippen LogP contribution < -0.4 is 11.1 Å².